The number of hydrogen-bond acceptors (Lipinski definition) is 6. The molecule has 3 aromatic rings. The zero-order valence-corrected chi connectivity index (χ0v) is 12.7. The van der Waals surface area contributed by atoms with Gasteiger partial charge < -0.3 is 5.73 Å². The van der Waals surface area contributed by atoms with Crippen molar-refractivity contribution < 1.29 is 4.92 Å². The third-order valence-corrected chi connectivity index (χ3v) is 3.96. The fourth-order valence-corrected chi connectivity index (χ4v) is 2.74. The van der Waals surface area contributed by atoms with Crippen molar-refractivity contribution >= 4 is 33.8 Å². The van der Waals surface area contributed by atoms with E-state index >= 15 is 0 Å². The Bertz CT molecular complexity index is 857. The fraction of sp³-hybridized carbons (Fsp3) is 0. The molecule has 0 radical (unpaired) electrons. The maximum atomic E-state index is 10.7. The summed E-state index contributed by atoms with van der Waals surface area (Å²) in [6.07, 6.45) is 1.92. The average molecular weight is 324 g/mol. The molecule has 3 rings (SSSR count). The summed E-state index contributed by atoms with van der Waals surface area (Å²) in [5.41, 5.74) is 8.42. The van der Waals surface area contributed by atoms with Crippen molar-refractivity contribution in [3.63, 3.8) is 0 Å². The van der Waals surface area contributed by atoms with E-state index in [1.165, 1.54) is 23.5 Å². The van der Waals surface area contributed by atoms with Crippen LogP contribution in [0.2, 0.25) is 0 Å². The second-order valence-corrected chi connectivity index (χ2v) is 5.73. The van der Waals surface area contributed by atoms with Gasteiger partial charge in [-0.1, -0.05) is 41.7 Å². The van der Waals surface area contributed by atoms with Gasteiger partial charge in [0, 0.05) is 17.7 Å². The first-order valence-electron chi connectivity index (χ1n) is 6.74. The highest BCUT2D eigenvalue weighted by atomic mass is 32.1. The summed E-state index contributed by atoms with van der Waals surface area (Å²) in [6, 6.07) is 16.1. The number of nitrogens with two attached hydrogens (primary N) is 1. The summed E-state index contributed by atoms with van der Waals surface area (Å²) in [4.78, 5) is 10.3. The van der Waals surface area contributed by atoms with E-state index in [4.69, 9.17) is 5.73 Å². The Morgan fingerprint density at radius 1 is 1.09 bits per heavy atom. The van der Waals surface area contributed by atoms with Crippen LogP contribution in [-0.4, -0.2) is 15.1 Å². The molecule has 0 fully saturated rings. The van der Waals surface area contributed by atoms with Gasteiger partial charge in [-0.15, -0.1) is 10.2 Å². The van der Waals surface area contributed by atoms with E-state index in [0.29, 0.717) is 10.1 Å². The van der Waals surface area contributed by atoms with Gasteiger partial charge in [-0.25, -0.2) is 0 Å². The van der Waals surface area contributed by atoms with E-state index in [9.17, 15) is 10.1 Å². The summed E-state index contributed by atoms with van der Waals surface area (Å²) >= 11 is 1.30. The van der Waals surface area contributed by atoms with E-state index in [1.807, 2.05) is 36.4 Å². The maximum absolute atomic E-state index is 10.7. The van der Waals surface area contributed by atoms with E-state index in [2.05, 4.69) is 10.2 Å². The molecule has 23 heavy (non-hydrogen) atoms. The van der Waals surface area contributed by atoms with Crippen molar-refractivity contribution in [2.45, 2.75) is 0 Å². The van der Waals surface area contributed by atoms with Crippen LogP contribution in [0.1, 0.15) is 16.1 Å². The molecule has 1 aromatic heterocycles. The van der Waals surface area contributed by atoms with E-state index in [0.717, 1.165) is 16.7 Å². The summed E-state index contributed by atoms with van der Waals surface area (Å²) in [6.45, 7) is 0. The molecule has 6 nitrogen and oxygen atoms in total. The van der Waals surface area contributed by atoms with Crippen LogP contribution in [0.25, 0.3) is 11.6 Å². The van der Waals surface area contributed by atoms with Crippen LogP contribution in [0.5, 0.6) is 0 Å². The molecular formula is C16H12N4O2S. The molecule has 0 unspecified atom stereocenters. The van der Waals surface area contributed by atoms with Gasteiger partial charge in [-0.05, 0) is 29.3 Å². The number of benzene rings is 2. The van der Waals surface area contributed by atoms with E-state index < -0.39 is 4.92 Å². The molecule has 0 atom stereocenters. The summed E-state index contributed by atoms with van der Waals surface area (Å²) in [5, 5.41) is 19.8. The third kappa shape index (κ3) is 3.41. The van der Waals surface area contributed by atoms with Crippen LogP contribution in [0.15, 0.2) is 54.6 Å². The summed E-state index contributed by atoms with van der Waals surface area (Å²) in [5.74, 6) is 0. The van der Waals surface area contributed by atoms with Crippen molar-refractivity contribution in [3.05, 3.63) is 80.8 Å². The molecule has 0 bridgehead atoms. The Labute approximate surface area is 136 Å². The predicted molar refractivity (Wildman–Crippen MR) is 90.8 cm³/mol. The first kappa shape index (κ1) is 14.9. The monoisotopic (exact) mass is 324 g/mol. The van der Waals surface area contributed by atoms with Crippen LogP contribution in [0.4, 0.5) is 10.8 Å². The molecule has 0 aliphatic rings. The Hall–Kier alpha value is -3.06. The molecule has 0 amide bonds. The van der Waals surface area contributed by atoms with Crippen molar-refractivity contribution in [2.75, 3.05) is 5.73 Å². The van der Waals surface area contributed by atoms with Gasteiger partial charge >= 0.3 is 0 Å². The molecule has 2 aromatic carbocycles. The van der Waals surface area contributed by atoms with Crippen LogP contribution in [0.3, 0.4) is 0 Å². The molecule has 1 heterocycles. The number of hydrogen-bond donors (Lipinski definition) is 1. The lowest BCUT2D eigenvalue weighted by atomic mass is 10.0. The lowest BCUT2D eigenvalue weighted by Gasteiger charge is -2.04. The van der Waals surface area contributed by atoms with E-state index in [1.54, 1.807) is 12.1 Å². The van der Waals surface area contributed by atoms with Crippen molar-refractivity contribution in [1.82, 2.24) is 10.2 Å². The molecule has 7 heteroatoms. The molecule has 0 saturated carbocycles. The lowest BCUT2D eigenvalue weighted by molar-refractivity contribution is -0.384. The standard InChI is InChI=1S/C16H12N4O2S/c17-16-19-18-15(23-16)14(12-4-2-1-3-5-12)10-11-6-8-13(9-7-11)20(21)22/h1-10H,(H2,17,19). The van der Waals surface area contributed by atoms with Gasteiger partial charge in [0.1, 0.15) is 5.01 Å². The van der Waals surface area contributed by atoms with Crippen LogP contribution in [-0.2, 0) is 0 Å². The lowest BCUT2D eigenvalue weighted by Crippen LogP contribution is -1.89. The second kappa shape index (κ2) is 6.37. The quantitative estimate of drug-likeness (QED) is 0.449. The Morgan fingerprint density at radius 3 is 2.35 bits per heavy atom. The van der Waals surface area contributed by atoms with Gasteiger partial charge in [0.2, 0.25) is 5.13 Å². The minimum atomic E-state index is -0.420. The zero-order valence-electron chi connectivity index (χ0n) is 11.9. The number of non-ortho nitro benzene ring substituents is 1. The van der Waals surface area contributed by atoms with Gasteiger partial charge in [-0.3, -0.25) is 10.1 Å². The van der Waals surface area contributed by atoms with Crippen molar-refractivity contribution in [1.29, 1.82) is 0 Å². The maximum Gasteiger partial charge on any atom is 0.269 e. The van der Waals surface area contributed by atoms with Crippen LogP contribution < -0.4 is 5.73 Å². The molecule has 0 spiro atoms. The molecule has 114 valence electrons. The highest BCUT2D eigenvalue weighted by Crippen LogP contribution is 2.29. The highest BCUT2D eigenvalue weighted by molar-refractivity contribution is 7.16. The van der Waals surface area contributed by atoms with Gasteiger partial charge in [0.25, 0.3) is 5.69 Å². The molecule has 2 N–H and O–H groups in total. The zero-order chi connectivity index (χ0) is 16.2. The SMILES string of the molecule is Nc1nnc(C(=Cc2ccc([N+](=O)[O-])cc2)c2ccccc2)s1. The number of nitrogen functional groups attached to an aromatic ring is 1. The summed E-state index contributed by atoms with van der Waals surface area (Å²) in [7, 11) is 0. The largest absolute Gasteiger partial charge is 0.374 e. The first-order valence-corrected chi connectivity index (χ1v) is 7.56. The molecule has 0 aliphatic carbocycles. The number of aromatic nitrogens is 2. The normalized spacial score (nSPS) is 11.4. The number of nitro benzene ring substituents is 1. The van der Waals surface area contributed by atoms with E-state index in [-0.39, 0.29) is 5.69 Å². The summed E-state index contributed by atoms with van der Waals surface area (Å²) < 4.78 is 0. The Balaban J connectivity index is 2.06. The molecule has 0 saturated heterocycles. The average Bonchev–Trinajstić information content (AvgIpc) is 3.00. The number of rotatable bonds is 4. The highest BCUT2D eigenvalue weighted by Gasteiger charge is 2.11. The molecular weight excluding hydrogens is 312 g/mol. The minimum absolute atomic E-state index is 0.0589. The third-order valence-electron chi connectivity index (χ3n) is 3.17. The smallest absolute Gasteiger partial charge is 0.269 e. The van der Waals surface area contributed by atoms with Crippen molar-refractivity contribution in [3.8, 4) is 0 Å². The predicted octanol–water partition coefficient (Wildman–Crippen LogP) is 3.62. The number of nitrogens with zero attached hydrogens (tertiary/aromatic N) is 3. The topological polar surface area (TPSA) is 94.9 Å². The van der Waals surface area contributed by atoms with Gasteiger partial charge in [0.05, 0.1) is 4.92 Å². The molecule has 0 aliphatic heterocycles. The Kier molecular flexibility index (Phi) is 4.11. The van der Waals surface area contributed by atoms with Gasteiger partial charge in [0.15, 0.2) is 0 Å². The number of nitro groups is 1. The number of anilines is 1. The van der Waals surface area contributed by atoms with Crippen molar-refractivity contribution in [2.24, 2.45) is 0 Å². The fourth-order valence-electron chi connectivity index (χ4n) is 2.09. The second-order valence-electron chi connectivity index (χ2n) is 4.72. The van der Waals surface area contributed by atoms with Crippen LogP contribution >= 0.6 is 11.3 Å². The van der Waals surface area contributed by atoms with Gasteiger partial charge in [-0.2, -0.15) is 0 Å². The minimum Gasteiger partial charge on any atom is -0.374 e. The van der Waals surface area contributed by atoms with Crippen LogP contribution in [0, 0.1) is 10.1 Å². The Morgan fingerprint density at radius 2 is 1.78 bits per heavy atom. The first-order chi connectivity index (χ1) is 11.1.